The van der Waals surface area contributed by atoms with Crippen molar-refractivity contribution < 1.29 is 4.74 Å². The van der Waals surface area contributed by atoms with Gasteiger partial charge in [0, 0.05) is 6.04 Å². The Morgan fingerprint density at radius 3 is 3.00 bits per heavy atom. The highest BCUT2D eigenvalue weighted by atomic mass is 35.5. The highest BCUT2D eigenvalue weighted by Crippen LogP contribution is 2.25. The Kier molecular flexibility index (Phi) is 3.71. The van der Waals surface area contributed by atoms with Crippen LogP contribution in [-0.2, 0) is 6.54 Å². The number of nitrogens with zero attached hydrogens (tertiary/aromatic N) is 3. The van der Waals surface area contributed by atoms with Crippen molar-refractivity contribution in [2.24, 2.45) is 0 Å². The van der Waals surface area contributed by atoms with Gasteiger partial charge in [-0.2, -0.15) is 5.10 Å². The molecule has 1 aliphatic rings. The van der Waals surface area contributed by atoms with Gasteiger partial charge in [0.2, 0.25) is 0 Å². The van der Waals surface area contributed by atoms with Crippen LogP contribution < -0.4 is 4.74 Å². The van der Waals surface area contributed by atoms with E-state index in [9.17, 15) is 0 Å². The van der Waals surface area contributed by atoms with Gasteiger partial charge in [0.1, 0.15) is 0 Å². The molecule has 0 spiro atoms. The molecule has 0 N–H and O–H groups in total. The van der Waals surface area contributed by atoms with Crippen molar-refractivity contribution in [3.63, 3.8) is 0 Å². The number of piperidine rings is 1. The van der Waals surface area contributed by atoms with Crippen LogP contribution in [0.25, 0.3) is 0 Å². The van der Waals surface area contributed by atoms with E-state index in [4.69, 9.17) is 16.3 Å². The van der Waals surface area contributed by atoms with E-state index in [1.807, 2.05) is 4.68 Å². The third-order valence-corrected chi connectivity index (χ3v) is 3.65. The Morgan fingerprint density at radius 1 is 1.56 bits per heavy atom. The molecule has 5 heteroatoms. The van der Waals surface area contributed by atoms with E-state index in [1.165, 1.54) is 25.8 Å². The zero-order chi connectivity index (χ0) is 11.5. The maximum absolute atomic E-state index is 6.15. The lowest BCUT2D eigenvalue weighted by atomic mass is 10.0. The van der Waals surface area contributed by atoms with Gasteiger partial charge in [-0.3, -0.25) is 0 Å². The second-order valence-electron chi connectivity index (χ2n) is 4.32. The molecule has 0 aromatic carbocycles. The monoisotopic (exact) mass is 243 g/mol. The molecule has 2 heterocycles. The molecule has 1 aromatic heterocycles. The summed E-state index contributed by atoms with van der Waals surface area (Å²) in [6, 6.07) is 0.538. The summed E-state index contributed by atoms with van der Waals surface area (Å²) in [4.78, 5) is 2.38. The summed E-state index contributed by atoms with van der Waals surface area (Å²) in [5.41, 5.74) is 0. The van der Waals surface area contributed by atoms with E-state index < -0.39 is 0 Å². The van der Waals surface area contributed by atoms with Gasteiger partial charge in [-0.15, -0.1) is 0 Å². The highest BCUT2D eigenvalue weighted by molar-refractivity contribution is 6.31. The van der Waals surface area contributed by atoms with Crippen molar-refractivity contribution in [1.29, 1.82) is 0 Å². The van der Waals surface area contributed by atoms with Gasteiger partial charge < -0.3 is 9.64 Å². The summed E-state index contributed by atoms with van der Waals surface area (Å²) in [5.74, 6) is 0.653. The lowest BCUT2D eigenvalue weighted by molar-refractivity contribution is 0.163. The van der Waals surface area contributed by atoms with Crippen molar-refractivity contribution in [3.05, 3.63) is 11.3 Å². The number of likely N-dealkylation sites (N-methyl/N-ethyl adjacent to an activating group) is 1. The fourth-order valence-corrected chi connectivity index (χ4v) is 2.43. The summed E-state index contributed by atoms with van der Waals surface area (Å²) in [6.45, 7) is 2.01. The second kappa shape index (κ2) is 5.06. The molecule has 2 rings (SSSR count). The van der Waals surface area contributed by atoms with Crippen molar-refractivity contribution in [2.45, 2.75) is 31.8 Å². The quantitative estimate of drug-likeness (QED) is 0.814. The van der Waals surface area contributed by atoms with E-state index >= 15 is 0 Å². The molecule has 0 saturated carbocycles. The van der Waals surface area contributed by atoms with E-state index in [2.05, 4.69) is 17.0 Å². The Bertz CT molecular complexity index is 353. The molecule has 0 aliphatic carbocycles. The lowest BCUT2D eigenvalue weighted by Crippen LogP contribution is -2.39. The molecule has 1 unspecified atom stereocenters. The fraction of sp³-hybridized carbons (Fsp3) is 0.727. The Labute approximate surface area is 101 Å². The van der Waals surface area contributed by atoms with Crippen LogP contribution in [0.4, 0.5) is 0 Å². The molecule has 0 radical (unpaired) electrons. The molecule has 16 heavy (non-hydrogen) atoms. The Hall–Kier alpha value is -0.740. The first-order chi connectivity index (χ1) is 7.72. The molecular weight excluding hydrogens is 226 g/mol. The number of halogens is 1. The minimum atomic E-state index is 0.538. The van der Waals surface area contributed by atoms with Gasteiger partial charge in [0.25, 0.3) is 0 Å². The number of hydrogen-bond donors (Lipinski definition) is 0. The number of hydrogen-bond acceptors (Lipinski definition) is 3. The lowest BCUT2D eigenvalue weighted by Gasteiger charge is -2.32. The van der Waals surface area contributed by atoms with E-state index in [1.54, 1.807) is 13.3 Å². The smallest absolute Gasteiger partial charge is 0.175 e. The van der Waals surface area contributed by atoms with Gasteiger partial charge >= 0.3 is 0 Å². The molecule has 0 bridgehead atoms. The predicted octanol–water partition coefficient (Wildman–Crippen LogP) is 2.03. The fourth-order valence-electron chi connectivity index (χ4n) is 2.19. The van der Waals surface area contributed by atoms with Crippen LogP contribution in [0, 0.1) is 0 Å². The summed E-state index contributed by atoms with van der Waals surface area (Å²) >= 11 is 6.15. The van der Waals surface area contributed by atoms with Crippen LogP contribution in [0.5, 0.6) is 5.75 Å². The molecule has 4 nitrogen and oxygen atoms in total. The van der Waals surface area contributed by atoms with E-state index in [-0.39, 0.29) is 0 Å². The van der Waals surface area contributed by atoms with Crippen molar-refractivity contribution >= 4 is 11.6 Å². The van der Waals surface area contributed by atoms with E-state index in [0.29, 0.717) is 16.9 Å². The summed E-state index contributed by atoms with van der Waals surface area (Å²) in [7, 11) is 3.78. The SMILES string of the molecule is COc1cnn(CC2CCCCN2C)c1Cl. The first-order valence-corrected chi connectivity index (χ1v) is 6.05. The molecule has 1 aromatic rings. The van der Waals surface area contributed by atoms with Crippen molar-refractivity contribution in [1.82, 2.24) is 14.7 Å². The summed E-state index contributed by atoms with van der Waals surface area (Å²) in [6.07, 6.45) is 5.48. The zero-order valence-electron chi connectivity index (χ0n) is 9.82. The third-order valence-electron chi connectivity index (χ3n) is 3.27. The Morgan fingerprint density at radius 2 is 2.38 bits per heavy atom. The standard InChI is InChI=1S/C11H18ClN3O/c1-14-6-4-3-5-9(14)8-15-11(12)10(16-2)7-13-15/h7,9H,3-6,8H2,1-2H3. The minimum absolute atomic E-state index is 0.538. The molecule has 1 fully saturated rings. The maximum Gasteiger partial charge on any atom is 0.175 e. The first-order valence-electron chi connectivity index (χ1n) is 5.68. The van der Waals surface area contributed by atoms with Gasteiger partial charge in [-0.05, 0) is 26.4 Å². The van der Waals surface area contributed by atoms with Crippen LogP contribution >= 0.6 is 11.6 Å². The largest absolute Gasteiger partial charge is 0.492 e. The highest BCUT2D eigenvalue weighted by Gasteiger charge is 2.21. The van der Waals surface area contributed by atoms with Crippen LogP contribution in [0.15, 0.2) is 6.20 Å². The normalized spacial score (nSPS) is 22.3. The Balaban J connectivity index is 2.04. The van der Waals surface area contributed by atoms with Crippen LogP contribution in [0.1, 0.15) is 19.3 Å². The second-order valence-corrected chi connectivity index (χ2v) is 4.67. The zero-order valence-corrected chi connectivity index (χ0v) is 10.6. The van der Waals surface area contributed by atoms with Gasteiger partial charge in [0.15, 0.2) is 10.9 Å². The van der Waals surface area contributed by atoms with Gasteiger partial charge in [0.05, 0.1) is 19.9 Å². The summed E-state index contributed by atoms with van der Waals surface area (Å²) < 4.78 is 6.94. The maximum atomic E-state index is 6.15. The molecule has 1 aliphatic heterocycles. The first kappa shape index (κ1) is 11.7. The minimum Gasteiger partial charge on any atom is -0.492 e. The average Bonchev–Trinajstić information content (AvgIpc) is 2.63. The topological polar surface area (TPSA) is 30.3 Å². The average molecular weight is 244 g/mol. The molecule has 1 saturated heterocycles. The van der Waals surface area contributed by atoms with Gasteiger partial charge in [-0.25, -0.2) is 4.68 Å². The van der Waals surface area contributed by atoms with E-state index in [0.717, 1.165) is 6.54 Å². The summed E-state index contributed by atoms with van der Waals surface area (Å²) in [5, 5.41) is 4.85. The third kappa shape index (κ3) is 2.33. The van der Waals surface area contributed by atoms with Gasteiger partial charge in [-0.1, -0.05) is 18.0 Å². The molecule has 90 valence electrons. The van der Waals surface area contributed by atoms with Crippen molar-refractivity contribution in [3.8, 4) is 5.75 Å². The number of rotatable bonds is 3. The number of ether oxygens (including phenoxy) is 1. The van der Waals surface area contributed by atoms with Crippen LogP contribution in [0.2, 0.25) is 5.15 Å². The molecule has 1 atom stereocenters. The molecular formula is C11H18ClN3O. The predicted molar refractivity (Wildman–Crippen MR) is 64.1 cm³/mol. The van der Waals surface area contributed by atoms with Crippen LogP contribution in [-0.4, -0.2) is 41.4 Å². The number of aromatic nitrogens is 2. The van der Waals surface area contributed by atoms with Crippen LogP contribution in [0.3, 0.4) is 0 Å². The van der Waals surface area contributed by atoms with Crippen molar-refractivity contribution in [2.75, 3.05) is 20.7 Å². The number of methoxy groups -OCH3 is 1. The molecule has 0 amide bonds. The number of likely N-dealkylation sites (tertiary alicyclic amines) is 1.